The molecule has 0 bridgehead atoms. The number of ketones is 1. The normalized spacial score (nSPS) is 10.8. The maximum absolute atomic E-state index is 11.8. The Morgan fingerprint density at radius 2 is 1.71 bits per heavy atom. The molecule has 0 saturated heterocycles. The maximum Gasteiger partial charge on any atom is 0.143 e. The van der Waals surface area contributed by atoms with Gasteiger partial charge in [-0.2, -0.15) is 0 Å². The van der Waals surface area contributed by atoms with Crippen molar-refractivity contribution in [1.82, 2.24) is 0 Å². The van der Waals surface area contributed by atoms with E-state index in [0.717, 1.165) is 22.2 Å². The van der Waals surface area contributed by atoms with Crippen LogP contribution in [0.4, 0.5) is 0 Å². The van der Waals surface area contributed by atoms with E-state index in [9.17, 15) is 4.79 Å². The average molecular weight is 371 g/mol. The minimum atomic E-state index is 0.381. The number of hydrogen-bond acceptors (Lipinski definition) is 2. The monoisotopic (exact) mass is 370 g/mol. The van der Waals surface area contributed by atoms with Crippen LogP contribution in [0.5, 0.6) is 0 Å². The van der Waals surface area contributed by atoms with Crippen molar-refractivity contribution in [2.45, 2.75) is 69.6 Å². The Hall–Kier alpha value is -0.280. The van der Waals surface area contributed by atoms with Gasteiger partial charge in [0, 0.05) is 15.8 Å². The molecule has 3 heteroatoms. The number of hydrogen-bond donors (Lipinski definition) is 0. The number of benzene rings is 1. The zero-order chi connectivity index (χ0) is 15.3. The lowest BCUT2D eigenvalue weighted by Gasteiger charge is -2.03. The molecular weight excluding hydrogens is 344 g/mol. The van der Waals surface area contributed by atoms with Crippen LogP contribution in [0.15, 0.2) is 33.6 Å². The number of unbranched alkanes of at least 4 members (excludes halogenated alkanes) is 7. The summed E-state index contributed by atoms with van der Waals surface area (Å²) in [6.07, 6.45) is 11.0. The molecule has 118 valence electrons. The fourth-order valence-corrected chi connectivity index (χ4v) is 3.66. The first-order valence-corrected chi connectivity index (χ1v) is 9.90. The first kappa shape index (κ1) is 18.8. The van der Waals surface area contributed by atoms with Gasteiger partial charge in [0.25, 0.3) is 0 Å². The molecule has 0 heterocycles. The summed E-state index contributed by atoms with van der Waals surface area (Å²) in [5, 5.41) is 0. The third-order valence-corrected chi connectivity index (χ3v) is 5.05. The Balaban J connectivity index is 1.99. The van der Waals surface area contributed by atoms with Gasteiger partial charge < -0.3 is 0 Å². The molecular formula is C18H27BrOS. The van der Waals surface area contributed by atoms with E-state index in [1.165, 1.54) is 44.9 Å². The zero-order valence-corrected chi connectivity index (χ0v) is 15.5. The second-order valence-electron chi connectivity index (χ2n) is 5.51. The van der Waals surface area contributed by atoms with E-state index < -0.39 is 0 Å². The minimum Gasteiger partial charge on any atom is -0.299 e. The fourth-order valence-electron chi connectivity index (χ4n) is 2.25. The fraction of sp³-hybridized carbons (Fsp3) is 0.611. The van der Waals surface area contributed by atoms with Crippen LogP contribution in [0.2, 0.25) is 0 Å². The number of carbonyl (C=O) groups is 1. The summed E-state index contributed by atoms with van der Waals surface area (Å²) in [6, 6.07) is 8.13. The van der Waals surface area contributed by atoms with Crippen LogP contribution >= 0.6 is 27.7 Å². The van der Waals surface area contributed by atoms with E-state index >= 15 is 0 Å². The summed E-state index contributed by atoms with van der Waals surface area (Å²) >= 11 is 5.09. The Labute approximate surface area is 142 Å². The smallest absolute Gasteiger partial charge is 0.143 e. The predicted molar refractivity (Wildman–Crippen MR) is 97.1 cm³/mol. The number of halogens is 1. The molecule has 1 aromatic rings. The number of rotatable bonds is 12. The topological polar surface area (TPSA) is 17.1 Å². The predicted octanol–water partition coefficient (Wildman–Crippen LogP) is 6.64. The van der Waals surface area contributed by atoms with Crippen LogP contribution in [0, 0.1) is 0 Å². The van der Waals surface area contributed by atoms with E-state index in [1.54, 1.807) is 11.8 Å². The Bertz CT molecular complexity index is 406. The highest BCUT2D eigenvalue weighted by molar-refractivity contribution is 9.10. The van der Waals surface area contributed by atoms with Gasteiger partial charge in [-0.05, 0) is 24.6 Å². The molecule has 0 radical (unpaired) electrons. The third kappa shape index (κ3) is 10.1. The highest BCUT2D eigenvalue weighted by atomic mass is 79.9. The average Bonchev–Trinajstić information content (AvgIpc) is 2.48. The van der Waals surface area contributed by atoms with Crippen molar-refractivity contribution in [2.75, 3.05) is 5.75 Å². The van der Waals surface area contributed by atoms with Crippen molar-refractivity contribution in [3.05, 3.63) is 28.7 Å². The summed E-state index contributed by atoms with van der Waals surface area (Å²) in [6.45, 7) is 2.25. The number of carbonyl (C=O) groups excluding carboxylic acids is 1. The van der Waals surface area contributed by atoms with Gasteiger partial charge >= 0.3 is 0 Å². The van der Waals surface area contributed by atoms with E-state index in [2.05, 4.69) is 35.0 Å². The van der Waals surface area contributed by atoms with Gasteiger partial charge in [-0.3, -0.25) is 4.79 Å². The van der Waals surface area contributed by atoms with Crippen molar-refractivity contribution in [1.29, 1.82) is 0 Å². The Morgan fingerprint density at radius 1 is 1.05 bits per heavy atom. The van der Waals surface area contributed by atoms with Crippen molar-refractivity contribution in [3.8, 4) is 0 Å². The van der Waals surface area contributed by atoms with E-state index in [1.807, 2.05) is 12.1 Å². The molecule has 0 amide bonds. The van der Waals surface area contributed by atoms with Gasteiger partial charge in [-0.25, -0.2) is 0 Å². The van der Waals surface area contributed by atoms with Gasteiger partial charge in [0.1, 0.15) is 5.78 Å². The highest BCUT2D eigenvalue weighted by Crippen LogP contribution is 2.22. The molecule has 0 aliphatic rings. The third-order valence-electron chi connectivity index (χ3n) is 3.51. The van der Waals surface area contributed by atoms with Gasteiger partial charge in [0.05, 0.1) is 5.75 Å². The molecule has 0 atom stereocenters. The first-order chi connectivity index (χ1) is 10.2. The SMILES string of the molecule is CCCCCCCCCCC(=O)CSc1cccc(Br)c1. The minimum absolute atomic E-state index is 0.381. The molecule has 1 nitrogen and oxygen atoms in total. The molecule has 0 unspecified atom stereocenters. The molecule has 0 N–H and O–H groups in total. The van der Waals surface area contributed by atoms with Crippen LogP contribution in [-0.2, 0) is 4.79 Å². The summed E-state index contributed by atoms with van der Waals surface area (Å²) in [7, 11) is 0. The summed E-state index contributed by atoms with van der Waals surface area (Å²) in [4.78, 5) is 13.0. The van der Waals surface area contributed by atoms with E-state index in [4.69, 9.17) is 0 Å². The molecule has 0 saturated carbocycles. The van der Waals surface area contributed by atoms with Gasteiger partial charge in [-0.1, -0.05) is 73.9 Å². The largest absolute Gasteiger partial charge is 0.299 e. The quantitative estimate of drug-likeness (QED) is 0.303. The summed E-state index contributed by atoms with van der Waals surface area (Å²) < 4.78 is 1.07. The second kappa shape index (κ2) is 12.3. The molecule has 0 aromatic heterocycles. The van der Waals surface area contributed by atoms with Crippen molar-refractivity contribution in [3.63, 3.8) is 0 Å². The van der Waals surface area contributed by atoms with Crippen molar-refractivity contribution >= 4 is 33.5 Å². The standard InChI is InChI=1S/C18H27BrOS/c1-2-3-4-5-6-7-8-9-12-17(20)15-21-18-13-10-11-16(19)14-18/h10-11,13-14H,2-9,12,15H2,1H3. The van der Waals surface area contributed by atoms with Crippen LogP contribution < -0.4 is 0 Å². The molecule has 0 aliphatic heterocycles. The van der Waals surface area contributed by atoms with Crippen LogP contribution in [0.1, 0.15) is 64.7 Å². The lowest BCUT2D eigenvalue weighted by atomic mass is 10.1. The van der Waals surface area contributed by atoms with Crippen molar-refractivity contribution < 1.29 is 4.79 Å². The maximum atomic E-state index is 11.8. The molecule has 0 fully saturated rings. The van der Waals surface area contributed by atoms with E-state index in [0.29, 0.717) is 11.5 Å². The number of thioether (sulfide) groups is 1. The Kier molecular flexibility index (Phi) is 11.0. The van der Waals surface area contributed by atoms with E-state index in [-0.39, 0.29) is 0 Å². The van der Waals surface area contributed by atoms with Crippen LogP contribution in [0.3, 0.4) is 0 Å². The van der Waals surface area contributed by atoms with Gasteiger partial charge in [0.2, 0.25) is 0 Å². The molecule has 1 rings (SSSR count). The Morgan fingerprint density at radius 3 is 2.38 bits per heavy atom. The first-order valence-electron chi connectivity index (χ1n) is 8.12. The lowest BCUT2D eigenvalue weighted by Crippen LogP contribution is -2.00. The van der Waals surface area contributed by atoms with Gasteiger partial charge in [0.15, 0.2) is 0 Å². The second-order valence-corrected chi connectivity index (χ2v) is 7.47. The molecule has 0 spiro atoms. The number of Topliss-reactive ketones (excluding diaryl/α,β-unsaturated/α-hetero) is 1. The molecule has 0 aliphatic carbocycles. The molecule has 1 aromatic carbocycles. The van der Waals surface area contributed by atoms with Crippen molar-refractivity contribution in [2.24, 2.45) is 0 Å². The zero-order valence-electron chi connectivity index (χ0n) is 13.1. The lowest BCUT2D eigenvalue weighted by molar-refractivity contribution is -0.116. The summed E-state index contributed by atoms with van der Waals surface area (Å²) in [5.74, 6) is 0.985. The summed E-state index contributed by atoms with van der Waals surface area (Å²) in [5.41, 5.74) is 0. The van der Waals surface area contributed by atoms with Gasteiger partial charge in [-0.15, -0.1) is 11.8 Å². The van der Waals surface area contributed by atoms with Crippen LogP contribution in [0.25, 0.3) is 0 Å². The molecule has 21 heavy (non-hydrogen) atoms. The van der Waals surface area contributed by atoms with Crippen LogP contribution in [-0.4, -0.2) is 11.5 Å². The highest BCUT2D eigenvalue weighted by Gasteiger charge is 2.03.